The van der Waals surface area contributed by atoms with Gasteiger partial charge in [0.25, 0.3) is 11.7 Å². The van der Waals surface area contributed by atoms with Crippen molar-refractivity contribution in [2.24, 2.45) is 0 Å². The Morgan fingerprint density at radius 1 is 0.800 bits per heavy atom. The van der Waals surface area contributed by atoms with E-state index in [1.807, 2.05) is 42.5 Å². The number of aliphatic hydroxyl groups is 1. The monoisotopic (exact) mass is 465 g/mol. The number of benzene rings is 4. The zero-order valence-electron chi connectivity index (χ0n) is 19.3. The second-order valence-corrected chi connectivity index (χ2v) is 8.17. The predicted molar refractivity (Wildman–Crippen MR) is 135 cm³/mol. The number of hydrogen-bond acceptors (Lipinski definition) is 5. The molecule has 1 N–H and O–H groups in total. The number of carbonyl (C=O) groups excluding carboxylic acids is 2. The summed E-state index contributed by atoms with van der Waals surface area (Å²) in [6, 6.07) is 26.4. The quantitative estimate of drug-likeness (QED) is 0.240. The zero-order chi connectivity index (χ0) is 24.5. The average molecular weight is 466 g/mol. The van der Waals surface area contributed by atoms with E-state index >= 15 is 0 Å². The van der Waals surface area contributed by atoms with E-state index in [0.29, 0.717) is 22.7 Å². The summed E-state index contributed by atoms with van der Waals surface area (Å²) in [4.78, 5) is 28.3. The molecule has 1 heterocycles. The molecule has 1 amide bonds. The largest absolute Gasteiger partial charge is 0.507 e. The molecule has 0 bridgehead atoms. The van der Waals surface area contributed by atoms with Crippen LogP contribution in [0.5, 0.6) is 11.5 Å². The molecule has 1 aliphatic heterocycles. The molecule has 174 valence electrons. The summed E-state index contributed by atoms with van der Waals surface area (Å²) in [5.74, 6) is -0.542. The molecule has 1 saturated heterocycles. The molecule has 1 aliphatic rings. The Kier molecular flexibility index (Phi) is 5.71. The molecule has 6 nitrogen and oxygen atoms in total. The molecule has 1 atom stereocenters. The number of anilines is 1. The molecule has 5 rings (SSSR count). The highest BCUT2D eigenvalue weighted by Crippen LogP contribution is 2.44. The molecule has 0 spiro atoms. The summed E-state index contributed by atoms with van der Waals surface area (Å²) in [6.07, 6.45) is 0. The van der Waals surface area contributed by atoms with Crippen molar-refractivity contribution < 1.29 is 24.2 Å². The van der Waals surface area contributed by atoms with Crippen molar-refractivity contribution in [3.05, 3.63) is 108 Å². The highest BCUT2D eigenvalue weighted by Gasteiger charge is 2.47. The number of ether oxygens (including phenoxy) is 2. The number of methoxy groups -OCH3 is 2. The van der Waals surface area contributed by atoms with Crippen LogP contribution in [0.1, 0.15) is 17.2 Å². The van der Waals surface area contributed by atoms with Crippen LogP contribution in [-0.4, -0.2) is 31.0 Å². The molecule has 4 aromatic carbocycles. The van der Waals surface area contributed by atoms with Crippen molar-refractivity contribution in [3.63, 3.8) is 0 Å². The van der Waals surface area contributed by atoms with Crippen LogP contribution in [0.2, 0.25) is 0 Å². The molecule has 35 heavy (non-hydrogen) atoms. The fourth-order valence-electron chi connectivity index (χ4n) is 4.55. The lowest BCUT2D eigenvalue weighted by Crippen LogP contribution is -2.29. The van der Waals surface area contributed by atoms with Gasteiger partial charge in [-0.2, -0.15) is 0 Å². The Bertz CT molecular complexity index is 1470. The number of ketones is 1. The van der Waals surface area contributed by atoms with Gasteiger partial charge in [0.15, 0.2) is 0 Å². The van der Waals surface area contributed by atoms with Crippen LogP contribution in [0.15, 0.2) is 96.6 Å². The summed E-state index contributed by atoms with van der Waals surface area (Å²) in [6.45, 7) is 0. The molecule has 0 saturated carbocycles. The maximum atomic E-state index is 13.4. The van der Waals surface area contributed by atoms with Crippen molar-refractivity contribution in [1.29, 1.82) is 0 Å². The summed E-state index contributed by atoms with van der Waals surface area (Å²) in [7, 11) is 3.09. The van der Waals surface area contributed by atoms with Gasteiger partial charge in [-0.15, -0.1) is 0 Å². The van der Waals surface area contributed by atoms with Crippen LogP contribution < -0.4 is 14.4 Å². The molecular weight excluding hydrogens is 442 g/mol. The molecule has 4 aromatic rings. The predicted octanol–water partition coefficient (Wildman–Crippen LogP) is 5.48. The topological polar surface area (TPSA) is 76.1 Å². The van der Waals surface area contributed by atoms with Crippen LogP contribution in [0.4, 0.5) is 5.69 Å². The fraction of sp³-hybridized carbons (Fsp3) is 0.103. The lowest BCUT2D eigenvalue weighted by atomic mass is 9.91. The Morgan fingerprint density at radius 3 is 2.23 bits per heavy atom. The first-order chi connectivity index (χ1) is 17.0. The van der Waals surface area contributed by atoms with Gasteiger partial charge in [-0.3, -0.25) is 14.5 Å². The van der Waals surface area contributed by atoms with Gasteiger partial charge in [0.1, 0.15) is 17.3 Å². The number of carbonyl (C=O) groups is 2. The van der Waals surface area contributed by atoms with Crippen molar-refractivity contribution >= 4 is 33.9 Å². The third kappa shape index (κ3) is 3.79. The van der Waals surface area contributed by atoms with Gasteiger partial charge in [0.05, 0.1) is 25.8 Å². The second-order valence-electron chi connectivity index (χ2n) is 8.17. The number of rotatable bonds is 5. The highest BCUT2D eigenvalue weighted by atomic mass is 16.5. The molecular formula is C29H23NO5. The Balaban J connectivity index is 1.78. The number of fused-ring (bicyclic) bond motifs is 1. The van der Waals surface area contributed by atoms with Crippen molar-refractivity contribution in [3.8, 4) is 11.5 Å². The number of aliphatic hydroxyl groups excluding tert-OH is 1. The second kappa shape index (κ2) is 8.99. The van der Waals surface area contributed by atoms with E-state index in [0.717, 1.165) is 16.3 Å². The van der Waals surface area contributed by atoms with Gasteiger partial charge in [0, 0.05) is 17.3 Å². The number of hydrogen-bond donors (Lipinski definition) is 1. The first kappa shape index (κ1) is 22.2. The van der Waals surface area contributed by atoms with Crippen LogP contribution in [-0.2, 0) is 9.59 Å². The number of amides is 1. The van der Waals surface area contributed by atoms with Crippen LogP contribution >= 0.6 is 0 Å². The minimum absolute atomic E-state index is 0.0272. The van der Waals surface area contributed by atoms with Crippen molar-refractivity contribution in [1.82, 2.24) is 0 Å². The van der Waals surface area contributed by atoms with E-state index < -0.39 is 17.7 Å². The van der Waals surface area contributed by atoms with Crippen molar-refractivity contribution in [2.75, 3.05) is 19.1 Å². The lowest BCUT2D eigenvalue weighted by molar-refractivity contribution is -0.132. The average Bonchev–Trinajstić information content (AvgIpc) is 3.17. The first-order valence-corrected chi connectivity index (χ1v) is 11.1. The standard InChI is InChI=1S/C29H23NO5/c1-34-21-15-13-19(14-16-21)27(31)25-26(24-12-5-8-18-7-3-4-11-23(18)24)30(29(33)28(25)32)20-9-6-10-22(17-20)35-2/h3-17,26,31H,1-2H3/b27-25-. The Labute approximate surface area is 202 Å². The Morgan fingerprint density at radius 2 is 1.49 bits per heavy atom. The van der Waals surface area contributed by atoms with Gasteiger partial charge < -0.3 is 14.6 Å². The smallest absolute Gasteiger partial charge is 0.300 e. The molecule has 6 heteroatoms. The minimum atomic E-state index is -0.838. The molecule has 0 aromatic heterocycles. The summed E-state index contributed by atoms with van der Waals surface area (Å²) in [5.41, 5.74) is 1.68. The Hall–Kier alpha value is -4.58. The highest BCUT2D eigenvalue weighted by molar-refractivity contribution is 6.51. The molecule has 1 unspecified atom stereocenters. The molecule has 0 radical (unpaired) electrons. The summed E-state index contributed by atoms with van der Waals surface area (Å²) < 4.78 is 10.6. The zero-order valence-corrected chi connectivity index (χ0v) is 19.3. The first-order valence-electron chi connectivity index (χ1n) is 11.1. The maximum absolute atomic E-state index is 13.4. The number of nitrogens with zero attached hydrogens (tertiary/aromatic N) is 1. The lowest BCUT2D eigenvalue weighted by Gasteiger charge is -2.26. The summed E-state index contributed by atoms with van der Waals surface area (Å²) in [5, 5.41) is 13.2. The van der Waals surface area contributed by atoms with Crippen molar-refractivity contribution in [2.45, 2.75) is 6.04 Å². The van der Waals surface area contributed by atoms with E-state index in [2.05, 4.69) is 0 Å². The van der Waals surface area contributed by atoms with E-state index in [4.69, 9.17) is 9.47 Å². The maximum Gasteiger partial charge on any atom is 0.300 e. The van der Waals surface area contributed by atoms with Gasteiger partial charge in [-0.05, 0) is 52.7 Å². The normalized spacial score (nSPS) is 17.1. The SMILES string of the molecule is COc1ccc(/C(O)=C2/C(=O)C(=O)N(c3cccc(OC)c3)C2c2cccc3ccccc23)cc1. The van der Waals surface area contributed by atoms with Crippen LogP contribution in [0.3, 0.4) is 0 Å². The minimum Gasteiger partial charge on any atom is -0.507 e. The third-order valence-electron chi connectivity index (χ3n) is 6.26. The van der Waals surface area contributed by atoms with E-state index in [9.17, 15) is 14.7 Å². The van der Waals surface area contributed by atoms with Gasteiger partial charge in [0.2, 0.25) is 0 Å². The van der Waals surface area contributed by atoms with Crippen LogP contribution in [0, 0.1) is 0 Å². The van der Waals surface area contributed by atoms with Gasteiger partial charge in [-0.1, -0.05) is 48.5 Å². The van der Waals surface area contributed by atoms with E-state index in [-0.39, 0.29) is 11.3 Å². The summed E-state index contributed by atoms with van der Waals surface area (Å²) >= 11 is 0. The number of Topliss-reactive ketones (excluding diaryl/α,β-unsaturated/α-hetero) is 1. The van der Waals surface area contributed by atoms with Gasteiger partial charge in [-0.25, -0.2) is 0 Å². The fourth-order valence-corrected chi connectivity index (χ4v) is 4.55. The third-order valence-corrected chi connectivity index (χ3v) is 6.26. The van der Waals surface area contributed by atoms with Gasteiger partial charge >= 0.3 is 0 Å². The van der Waals surface area contributed by atoms with Crippen LogP contribution in [0.25, 0.3) is 16.5 Å². The molecule has 0 aliphatic carbocycles. The van der Waals surface area contributed by atoms with E-state index in [1.165, 1.54) is 4.90 Å². The van der Waals surface area contributed by atoms with E-state index in [1.54, 1.807) is 62.8 Å². The molecule has 1 fully saturated rings.